The van der Waals surface area contributed by atoms with Crippen molar-refractivity contribution in [3.8, 4) is 0 Å². The summed E-state index contributed by atoms with van der Waals surface area (Å²) in [6.45, 7) is 0.525. The summed E-state index contributed by atoms with van der Waals surface area (Å²) in [6, 6.07) is 0. The normalized spacial score (nSPS) is 27.6. The van der Waals surface area contributed by atoms with Gasteiger partial charge in [0.2, 0.25) is 11.8 Å². The molecule has 0 aromatic heterocycles. The number of hydrogen-bond donors (Lipinski definition) is 3. The highest BCUT2D eigenvalue weighted by Gasteiger charge is 2.35. The van der Waals surface area contributed by atoms with Crippen LogP contribution in [0.2, 0.25) is 0 Å². The Labute approximate surface area is 108 Å². The highest BCUT2D eigenvalue weighted by molar-refractivity contribution is 5.82. The van der Waals surface area contributed by atoms with Gasteiger partial charge in [-0.3, -0.25) is 9.59 Å². The number of hydroxylamine groups is 1. The van der Waals surface area contributed by atoms with Gasteiger partial charge in [0.1, 0.15) is 0 Å². The van der Waals surface area contributed by atoms with Crippen LogP contribution in [0.3, 0.4) is 0 Å². The molecule has 1 aliphatic carbocycles. The van der Waals surface area contributed by atoms with Crippen molar-refractivity contribution in [2.75, 3.05) is 27.7 Å². The molecule has 0 aromatic carbocycles. The van der Waals surface area contributed by atoms with E-state index in [4.69, 9.17) is 4.84 Å². The second-order valence-corrected chi connectivity index (χ2v) is 4.71. The minimum atomic E-state index is -0.100. The Morgan fingerprint density at radius 2 is 1.50 bits per heavy atom. The van der Waals surface area contributed by atoms with Crippen LogP contribution in [0.4, 0.5) is 0 Å². The van der Waals surface area contributed by atoms with Crippen molar-refractivity contribution in [3.63, 3.8) is 0 Å². The minimum Gasteiger partial charge on any atom is -0.359 e. The highest BCUT2D eigenvalue weighted by Crippen LogP contribution is 2.33. The summed E-state index contributed by atoms with van der Waals surface area (Å²) in [5.41, 5.74) is 2.63. The molecule has 0 saturated heterocycles. The molecular formula is C12H23N3O3. The van der Waals surface area contributed by atoms with E-state index < -0.39 is 0 Å². The van der Waals surface area contributed by atoms with Crippen LogP contribution in [-0.4, -0.2) is 39.6 Å². The summed E-state index contributed by atoms with van der Waals surface area (Å²) in [6.07, 6.45) is 2.17. The summed E-state index contributed by atoms with van der Waals surface area (Å²) in [7, 11) is 4.96. The molecule has 2 atom stereocenters. The predicted molar refractivity (Wildman–Crippen MR) is 67.5 cm³/mol. The molecule has 1 saturated carbocycles. The lowest BCUT2D eigenvalue weighted by molar-refractivity contribution is -0.131. The van der Waals surface area contributed by atoms with E-state index in [0.717, 1.165) is 12.8 Å². The third-order valence-electron chi connectivity index (χ3n) is 3.50. The third-order valence-corrected chi connectivity index (χ3v) is 3.50. The zero-order valence-electron chi connectivity index (χ0n) is 11.3. The molecule has 18 heavy (non-hydrogen) atoms. The van der Waals surface area contributed by atoms with E-state index in [0.29, 0.717) is 13.0 Å². The maximum Gasteiger partial charge on any atom is 0.222 e. The fourth-order valence-electron chi connectivity index (χ4n) is 2.61. The van der Waals surface area contributed by atoms with Crippen molar-refractivity contribution in [2.24, 2.45) is 17.8 Å². The third kappa shape index (κ3) is 3.96. The summed E-state index contributed by atoms with van der Waals surface area (Å²) in [5, 5.41) is 5.32. The van der Waals surface area contributed by atoms with Crippen molar-refractivity contribution < 1.29 is 14.4 Å². The average molecular weight is 257 g/mol. The zero-order valence-corrected chi connectivity index (χ0v) is 11.3. The lowest BCUT2D eigenvalue weighted by Gasteiger charge is -2.32. The Morgan fingerprint density at radius 1 is 1.00 bits per heavy atom. The van der Waals surface area contributed by atoms with E-state index in [1.165, 1.54) is 0 Å². The van der Waals surface area contributed by atoms with Gasteiger partial charge in [0, 0.05) is 33.0 Å². The summed E-state index contributed by atoms with van der Waals surface area (Å²) >= 11 is 0. The molecule has 1 aliphatic rings. The van der Waals surface area contributed by atoms with Gasteiger partial charge in [-0.1, -0.05) is 0 Å². The van der Waals surface area contributed by atoms with Gasteiger partial charge in [-0.15, -0.1) is 0 Å². The summed E-state index contributed by atoms with van der Waals surface area (Å²) < 4.78 is 0. The number of hydrogen-bond acceptors (Lipinski definition) is 4. The standard InChI is InChI=1S/C12H23N3O3/c1-13-11(16)9-4-8(7-18-15-3)5-10(6-9)12(17)14-2/h8-10,15H,4-7H2,1-3H3,(H,13,16)(H,14,17). The van der Waals surface area contributed by atoms with E-state index >= 15 is 0 Å². The molecule has 0 spiro atoms. The van der Waals surface area contributed by atoms with Gasteiger partial charge in [-0.2, -0.15) is 0 Å². The topological polar surface area (TPSA) is 79.5 Å². The Bertz CT molecular complexity index is 272. The first-order valence-corrected chi connectivity index (χ1v) is 6.34. The van der Waals surface area contributed by atoms with Gasteiger partial charge in [0.25, 0.3) is 0 Å². The first-order chi connectivity index (χ1) is 8.62. The largest absolute Gasteiger partial charge is 0.359 e. The minimum absolute atomic E-state index is 0.0121. The van der Waals surface area contributed by atoms with Crippen LogP contribution < -0.4 is 16.1 Å². The van der Waals surface area contributed by atoms with Gasteiger partial charge < -0.3 is 15.5 Å². The van der Waals surface area contributed by atoms with E-state index in [9.17, 15) is 9.59 Å². The van der Waals surface area contributed by atoms with Crippen LogP contribution in [0.5, 0.6) is 0 Å². The van der Waals surface area contributed by atoms with Crippen molar-refractivity contribution >= 4 is 11.8 Å². The second-order valence-electron chi connectivity index (χ2n) is 4.71. The first kappa shape index (κ1) is 14.9. The van der Waals surface area contributed by atoms with Crippen LogP contribution >= 0.6 is 0 Å². The molecular weight excluding hydrogens is 234 g/mol. The Morgan fingerprint density at radius 3 is 1.89 bits per heavy atom. The molecule has 104 valence electrons. The second kappa shape index (κ2) is 7.33. The van der Waals surface area contributed by atoms with E-state index in [2.05, 4.69) is 16.1 Å². The number of amides is 2. The van der Waals surface area contributed by atoms with Crippen molar-refractivity contribution in [3.05, 3.63) is 0 Å². The molecule has 1 rings (SSSR count). The van der Waals surface area contributed by atoms with Crippen LogP contribution in [-0.2, 0) is 14.4 Å². The Balaban J connectivity index is 2.65. The molecule has 0 bridgehead atoms. The molecule has 0 heterocycles. The van der Waals surface area contributed by atoms with Gasteiger partial charge in [-0.25, -0.2) is 5.48 Å². The maximum absolute atomic E-state index is 11.7. The summed E-state index contributed by atoms with van der Waals surface area (Å²) in [4.78, 5) is 28.7. The van der Waals surface area contributed by atoms with E-state index in [1.54, 1.807) is 21.1 Å². The number of carbonyl (C=O) groups excluding carboxylic acids is 2. The lowest BCUT2D eigenvalue weighted by Crippen LogP contribution is -2.40. The number of nitrogens with one attached hydrogen (secondary N) is 3. The quantitative estimate of drug-likeness (QED) is 0.589. The van der Waals surface area contributed by atoms with Gasteiger partial charge in [-0.05, 0) is 25.2 Å². The summed E-state index contributed by atoms with van der Waals surface area (Å²) in [5.74, 6) is 0.0555. The molecule has 1 fully saturated rings. The number of carbonyl (C=O) groups is 2. The van der Waals surface area contributed by atoms with Crippen LogP contribution in [0.15, 0.2) is 0 Å². The van der Waals surface area contributed by atoms with Crippen molar-refractivity contribution in [1.82, 2.24) is 16.1 Å². The average Bonchev–Trinajstić information content (AvgIpc) is 2.42. The van der Waals surface area contributed by atoms with Gasteiger partial charge >= 0.3 is 0 Å². The maximum atomic E-state index is 11.7. The molecule has 6 heteroatoms. The monoisotopic (exact) mass is 257 g/mol. The Hall–Kier alpha value is -1.14. The smallest absolute Gasteiger partial charge is 0.222 e. The van der Waals surface area contributed by atoms with E-state index in [1.807, 2.05) is 0 Å². The lowest BCUT2D eigenvalue weighted by atomic mass is 9.74. The highest BCUT2D eigenvalue weighted by atomic mass is 16.6. The van der Waals surface area contributed by atoms with E-state index in [-0.39, 0.29) is 29.6 Å². The van der Waals surface area contributed by atoms with Crippen LogP contribution in [0.1, 0.15) is 19.3 Å². The van der Waals surface area contributed by atoms with Crippen molar-refractivity contribution in [1.29, 1.82) is 0 Å². The van der Waals surface area contributed by atoms with Crippen LogP contribution in [0.25, 0.3) is 0 Å². The fourth-order valence-corrected chi connectivity index (χ4v) is 2.61. The molecule has 6 nitrogen and oxygen atoms in total. The molecule has 2 unspecified atom stereocenters. The van der Waals surface area contributed by atoms with Gasteiger partial charge in [0.15, 0.2) is 0 Å². The predicted octanol–water partition coefficient (Wildman–Crippen LogP) is -0.338. The first-order valence-electron chi connectivity index (χ1n) is 6.34. The molecule has 0 radical (unpaired) electrons. The van der Waals surface area contributed by atoms with Gasteiger partial charge in [0.05, 0.1) is 6.61 Å². The SMILES string of the molecule is CNOCC1CC(C(=O)NC)CC(C(=O)NC)C1. The number of rotatable bonds is 5. The molecule has 0 aliphatic heterocycles. The molecule has 0 aromatic rings. The Kier molecular flexibility index (Phi) is 6.07. The molecule has 3 N–H and O–H groups in total. The molecule has 2 amide bonds. The zero-order chi connectivity index (χ0) is 13.5. The van der Waals surface area contributed by atoms with Crippen LogP contribution in [0, 0.1) is 17.8 Å². The fraction of sp³-hybridized carbons (Fsp3) is 0.833. The van der Waals surface area contributed by atoms with Crippen molar-refractivity contribution in [2.45, 2.75) is 19.3 Å².